The van der Waals surface area contributed by atoms with Gasteiger partial charge in [0, 0.05) is 0 Å². The summed E-state index contributed by atoms with van der Waals surface area (Å²) >= 11 is 0. The monoisotopic (exact) mass is 194 g/mol. The Morgan fingerprint density at radius 2 is 2.11 bits per heavy atom. The second kappa shape index (κ2) is 8.46. The van der Waals surface area contributed by atoms with E-state index >= 15 is 0 Å². The minimum atomic E-state index is -0.237. The van der Waals surface area contributed by atoms with Crippen molar-refractivity contribution in [2.45, 2.75) is 25.4 Å². The summed E-state index contributed by atoms with van der Waals surface area (Å²) in [5.74, 6) is 0. The van der Waals surface area contributed by atoms with Gasteiger partial charge in [0.15, 0.2) is 0 Å². The summed E-state index contributed by atoms with van der Waals surface area (Å²) in [5, 5.41) is 8.87. The first-order chi connectivity index (χ1) is 3.81. The molecule has 0 fully saturated rings. The molecule has 0 saturated heterocycles. The Kier molecular flexibility index (Phi) is 11.4. The average molecular weight is 193 g/mol. The fourth-order valence-corrected chi connectivity index (χ4v) is 0.498. The van der Waals surface area contributed by atoms with Crippen LogP contribution in [-0.2, 0) is 0 Å². The van der Waals surface area contributed by atoms with Gasteiger partial charge in [-0.15, -0.1) is 0 Å². The second-order valence-corrected chi connectivity index (χ2v) is 1.87. The van der Waals surface area contributed by atoms with E-state index in [4.69, 9.17) is 10.8 Å². The van der Waals surface area contributed by atoms with Crippen LogP contribution in [0.25, 0.3) is 0 Å². The molecule has 1 radical (unpaired) electrons. The summed E-state index contributed by atoms with van der Waals surface area (Å²) in [5.41, 5.74) is 5.20. The summed E-state index contributed by atoms with van der Waals surface area (Å²) in [6, 6.07) is 0. The first-order valence-corrected chi connectivity index (χ1v) is 2.98. The van der Waals surface area contributed by atoms with Crippen LogP contribution in [0.15, 0.2) is 0 Å². The zero-order valence-corrected chi connectivity index (χ0v) is 5.14. The average Bonchev–Trinajstić information content (AvgIpc) is 1.83. The van der Waals surface area contributed by atoms with Crippen LogP contribution in [0, 0.1) is 6.92 Å². The van der Waals surface area contributed by atoms with Gasteiger partial charge in [0.1, 0.15) is 0 Å². The summed E-state index contributed by atoms with van der Waals surface area (Å²) < 4.78 is 0. The topological polar surface area (TPSA) is 46.2 Å². The molecule has 1 unspecified atom stereocenters. The Morgan fingerprint density at radius 1 is 1.56 bits per heavy atom. The van der Waals surface area contributed by atoms with Crippen molar-refractivity contribution in [3.63, 3.8) is 0 Å². The van der Waals surface area contributed by atoms with Gasteiger partial charge in [-0.25, -0.2) is 0 Å². The number of hydrogen-bond acceptors (Lipinski definition) is 2. The predicted molar refractivity (Wildman–Crippen MR) is 45.6 cm³/mol. The van der Waals surface area contributed by atoms with E-state index in [1.54, 1.807) is 0 Å². The molecule has 1 atom stereocenters. The van der Waals surface area contributed by atoms with E-state index in [-0.39, 0.29) is 23.7 Å². The molecule has 0 aromatic carbocycles. The number of aliphatic hydroxyl groups excluding tert-OH is 1. The normalized spacial score (nSPS) is 12.3. The molecule has 0 spiro atoms. The van der Waals surface area contributed by atoms with E-state index in [9.17, 15) is 0 Å². The molecule has 9 heavy (non-hydrogen) atoms. The van der Waals surface area contributed by atoms with Crippen LogP contribution in [0.3, 0.4) is 0 Å². The molecule has 3 heteroatoms. The molecule has 0 rings (SSSR count). The Bertz CT molecular complexity index is 52.3. The third-order valence-corrected chi connectivity index (χ3v) is 1.07. The molecule has 2 nitrogen and oxygen atoms in total. The standard InChI is InChI=1S/C6H14NO.GeH4/c1-2-6(8)4-3-5-7;/h6,8H,1-5,7H2;1H4. The van der Waals surface area contributed by atoms with Gasteiger partial charge in [-0.05, 0) is 25.8 Å². The second-order valence-electron chi connectivity index (χ2n) is 1.87. The number of hydrogen-bond donors (Lipinski definition) is 2. The third-order valence-electron chi connectivity index (χ3n) is 1.07. The Hall–Kier alpha value is 0.463. The molecular formula is C6H18GeNO. The van der Waals surface area contributed by atoms with Gasteiger partial charge in [0.05, 0.1) is 6.10 Å². The first-order valence-electron chi connectivity index (χ1n) is 2.98. The quantitative estimate of drug-likeness (QED) is 0.554. The maximum atomic E-state index is 8.87. The van der Waals surface area contributed by atoms with Gasteiger partial charge in [-0.2, -0.15) is 0 Å². The molecule has 3 N–H and O–H groups in total. The van der Waals surface area contributed by atoms with E-state index in [0.29, 0.717) is 13.0 Å². The molecule has 57 valence electrons. The van der Waals surface area contributed by atoms with Crippen molar-refractivity contribution in [3.8, 4) is 0 Å². The van der Waals surface area contributed by atoms with Crippen molar-refractivity contribution in [2.24, 2.45) is 5.73 Å². The van der Waals surface area contributed by atoms with Crippen molar-refractivity contribution in [3.05, 3.63) is 6.92 Å². The van der Waals surface area contributed by atoms with Crippen LogP contribution >= 0.6 is 0 Å². The fourth-order valence-electron chi connectivity index (χ4n) is 0.498. The zero-order valence-electron chi connectivity index (χ0n) is 5.14. The number of nitrogens with two attached hydrogens (primary N) is 1. The van der Waals surface area contributed by atoms with Crippen molar-refractivity contribution in [2.75, 3.05) is 6.54 Å². The van der Waals surface area contributed by atoms with E-state index in [0.717, 1.165) is 12.8 Å². The van der Waals surface area contributed by atoms with Crippen LogP contribution in [0.4, 0.5) is 0 Å². The van der Waals surface area contributed by atoms with Crippen LogP contribution in [-0.4, -0.2) is 35.4 Å². The molecule has 0 heterocycles. The van der Waals surface area contributed by atoms with Crippen molar-refractivity contribution >= 4 is 17.6 Å². The van der Waals surface area contributed by atoms with Gasteiger partial charge >= 0.3 is 17.6 Å². The van der Waals surface area contributed by atoms with E-state index in [1.807, 2.05) is 0 Å². The van der Waals surface area contributed by atoms with Gasteiger partial charge in [0.25, 0.3) is 0 Å². The molecule has 0 aliphatic carbocycles. The van der Waals surface area contributed by atoms with Gasteiger partial charge < -0.3 is 10.8 Å². The summed E-state index contributed by atoms with van der Waals surface area (Å²) in [4.78, 5) is 0. The molecular weight excluding hydrogens is 175 g/mol. The third kappa shape index (κ3) is 8.46. The van der Waals surface area contributed by atoms with Gasteiger partial charge in [-0.1, -0.05) is 6.92 Å². The predicted octanol–water partition coefficient (Wildman–Crippen LogP) is -1.14. The van der Waals surface area contributed by atoms with Crippen LogP contribution in [0.1, 0.15) is 19.3 Å². The van der Waals surface area contributed by atoms with Crippen LogP contribution < -0.4 is 5.73 Å². The molecule has 0 bridgehead atoms. The Balaban J connectivity index is 0. The van der Waals surface area contributed by atoms with Crippen LogP contribution in [0.5, 0.6) is 0 Å². The van der Waals surface area contributed by atoms with Crippen molar-refractivity contribution < 1.29 is 5.11 Å². The van der Waals surface area contributed by atoms with E-state index in [1.165, 1.54) is 0 Å². The molecule has 0 aliphatic heterocycles. The molecule has 0 aromatic heterocycles. The number of rotatable bonds is 4. The van der Waals surface area contributed by atoms with Crippen molar-refractivity contribution in [1.29, 1.82) is 0 Å². The molecule has 0 aliphatic rings. The summed E-state index contributed by atoms with van der Waals surface area (Å²) in [6.07, 6.45) is 2.05. The number of aliphatic hydroxyl groups is 1. The van der Waals surface area contributed by atoms with E-state index < -0.39 is 0 Å². The summed E-state index contributed by atoms with van der Waals surface area (Å²) in [7, 11) is 0. The van der Waals surface area contributed by atoms with Crippen molar-refractivity contribution in [1.82, 2.24) is 0 Å². The molecule has 0 saturated carbocycles. The SMILES string of the molecule is [CH2]CC(O)CCCN.[GeH4]. The molecule has 0 amide bonds. The molecule has 0 aromatic rings. The van der Waals surface area contributed by atoms with Crippen LogP contribution in [0.2, 0.25) is 0 Å². The first kappa shape index (κ1) is 12.2. The zero-order chi connectivity index (χ0) is 6.41. The maximum absolute atomic E-state index is 8.87. The van der Waals surface area contributed by atoms with Gasteiger partial charge in [0.2, 0.25) is 0 Å². The summed E-state index contributed by atoms with van der Waals surface area (Å²) in [6.45, 7) is 4.21. The Morgan fingerprint density at radius 3 is 2.44 bits per heavy atom. The van der Waals surface area contributed by atoms with Gasteiger partial charge in [-0.3, -0.25) is 0 Å². The minimum absolute atomic E-state index is 0. The fraction of sp³-hybridized carbons (Fsp3) is 0.833. The Labute approximate surface area is 67.8 Å². The van der Waals surface area contributed by atoms with E-state index in [2.05, 4.69) is 6.92 Å².